The minimum absolute atomic E-state index is 0.0603. The number of ether oxygens (including phenoxy) is 1. The quantitative estimate of drug-likeness (QED) is 0.751. The van der Waals surface area contributed by atoms with Gasteiger partial charge in [-0.15, -0.1) is 0 Å². The summed E-state index contributed by atoms with van der Waals surface area (Å²) in [4.78, 5) is 16.1. The summed E-state index contributed by atoms with van der Waals surface area (Å²) in [6, 6.07) is 1.16. The zero-order valence-corrected chi connectivity index (χ0v) is 14.2. The number of hydrogen-bond donors (Lipinski definition) is 2. The van der Waals surface area contributed by atoms with E-state index in [-0.39, 0.29) is 21.8 Å². The molecule has 5 nitrogen and oxygen atoms in total. The molecule has 1 amide bonds. The van der Waals surface area contributed by atoms with E-state index in [0.29, 0.717) is 0 Å². The summed E-state index contributed by atoms with van der Waals surface area (Å²) < 4.78 is 42.9. The van der Waals surface area contributed by atoms with Crippen LogP contribution in [0.4, 0.5) is 13.2 Å². The van der Waals surface area contributed by atoms with Crippen LogP contribution in [0.5, 0.6) is 5.75 Å². The fraction of sp³-hybridized carbons (Fsp3) is 0.571. The number of pyridine rings is 1. The van der Waals surface area contributed by atoms with Crippen LogP contribution in [-0.2, 0) is 0 Å². The van der Waals surface area contributed by atoms with Gasteiger partial charge in [0.05, 0.1) is 10.1 Å². The van der Waals surface area contributed by atoms with E-state index >= 15 is 0 Å². The Morgan fingerprint density at radius 2 is 2.13 bits per heavy atom. The van der Waals surface area contributed by atoms with Gasteiger partial charge in [-0.2, -0.15) is 13.2 Å². The maximum absolute atomic E-state index is 12.6. The fourth-order valence-corrected chi connectivity index (χ4v) is 2.30. The molecule has 1 saturated carbocycles. The van der Waals surface area contributed by atoms with Gasteiger partial charge in [0.2, 0.25) is 0 Å². The van der Waals surface area contributed by atoms with Crippen molar-refractivity contribution in [2.24, 2.45) is 11.7 Å². The summed E-state index contributed by atoms with van der Waals surface area (Å²) in [7, 11) is 0. The maximum Gasteiger partial charge on any atom is 0.425 e. The molecule has 2 atom stereocenters. The largest absolute Gasteiger partial charge is 0.480 e. The van der Waals surface area contributed by atoms with E-state index in [1.807, 2.05) is 0 Å². The molecule has 0 spiro atoms. The number of amides is 1. The zero-order valence-electron chi connectivity index (χ0n) is 12.6. The van der Waals surface area contributed by atoms with Crippen LogP contribution in [0.15, 0.2) is 16.7 Å². The molecule has 1 aromatic heterocycles. The lowest BCUT2D eigenvalue weighted by molar-refractivity contribution is -0.189. The minimum atomic E-state index is -4.51. The monoisotopic (exact) mass is 395 g/mol. The van der Waals surface area contributed by atoms with Crippen molar-refractivity contribution < 1.29 is 22.7 Å². The zero-order chi connectivity index (χ0) is 17.4. The van der Waals surface area contributed by atoms with Gasteiger partial charge >= 0.3 is 6.18 Å². The van der Waals surface area contributed by atoms with Crippen LogP contribution in [-0.4, -0.2) is 28.8 Å². The van der Waals surface area contributed by atoms with Gasteiger partial charge in [0.25, 0.3) is 5.91 Å². The van der Waals surface area contributed by atoms with Crippen LogP contribution in [0, 0.1) is 5.92 Å². The van der Waals surface area contributed by atoms with E-state index in [4.69, 9.17) is 10.5 Å². The highest BCUT2D eigenvalue weighted by Crippen LogP contribution is 2.36. The van der Waals surface area contributed by atoms with Crippen LogP contribution in [0.25, 0.3) is 0 Å². The molecule has 1 aliphatic carbocycles. The van der Waals surface area contributed by atoms with Crippen molar-refractivity contribution in [3.63, 3.8) is 0 Å². The summed E-state index contributed by atoms with van der Waals surface area (Å²) in [6.45, 7) is 2.58. The molecule has 1 fully saturated rings. The molecule has 9 heteroatoms. The van der Waals surface area contributed by atoms with E-state index in [9.17, 15) is 18.0 Å². The highest BCUT2D eigenvalue weighted by Gasteiger charge is 2.40. The topological polar surface area (TPSA) is 77.2 Å². The number of rotatable bonds is 5. The molecule has 1 aromatic rings. The first-order valence-corrected chi connectivity index (χ1v) is 7.80. The average Bonchev–Trinajstić information content (AvgIpc) is 3.24. The fourth-order valence-electron chi connectivity index (χ4n) is 1.99. The molecular weight excluding hydrogens is 379 g/mol. The summed E-state index contributed by atoms with van der Waals surface area (Å²) >= 11 is 3.06. The van der Waals surface area contributed by atoms with E-state index in [1.165, 1.54) is 6.20 Å². The van der Waals surface area contributed by atoms with Crippen LogP contribution in [0.1, 0.15) is 37.2 Å². The second-order valence-corrected chi connectivity index (χ2v) is 6.67. The maximum atomic E-state index is 12.6. The molecule has 23 heavy (non-hydrogen) atoms. The van der Waals surface area contributed by atoms with Crippen molar-refractivity contribution >= 4 is 21.8 Å². The number of carbonyl (C=O) groups is 1. The second kappa shape index (κ2) is 6.27. The number of nitrogens with one attached hydrogen (secondary N) is 1. The van der Waals surface area contributed by atoms with E-state index in [2.05, 4.69) is 26.2 Å². The van der Waals surface area contributed by atoms with E-state index in [0.717, 1.165) is 25.8 Å². The summed E-state index contributed by atoms with van der Waals surface area (Å²) in [5.74, 6) is -0.470. The SMILES string of the molecule is C[C@H](Oc1cc(C(=O)NC(C)(N)C2CC2)ncc1Br)C(F)(F)F. The highest BCUT2D eigenvalue weighted by molar-refractivity contribution is 9.10. The molecule has 1 unspecified atom stereocenters. The van der Waals surface area contributed by atoms with Crippen molar-refractivity contribution in [1.82, 2.24) is 10.3 Å². The first kappa shape index (κ1) is 18.0. The molecule has 0 aromatic carbocycles. The van der Waals surface area contributed by atoms with Crippen molar-refractivity contribution in [2.45, 2.75) is 44.6 Å². The van der Waals surface area contributed by atoms with Crippen LogP contribution in [0.3, 0.4) is 0 Å². The van der Waals surface area contributed by atoms with Gasteiger partial charge in [-0.3, -0.25) is 4.79 Å². The number of alkyl halides is 3. The Morgan fingerprint density at radius 1 is 1.52 bits per heavy atom. The van der Waals surface area contributed by atoms with Gasteiger partial charge in [0, 0.05) is 12.3 Å². The predicted molar refractivity (Wildman–Crippen MR) is 80.9 cm³/mol. The Morgan fingerprint density at radius 3 is 2.65 bits per heavy atom. The van der Waals surface area contributed by atoms with Crippen molar-refractivity contribution in [1.29, 1.82) is 0 Å². The number of nitrogens with zero attached hydrogens (tertiary/aromatic N) is 1. The third-order valence-electron chi connectivity index (χ3n) is 3.63. The second-order valence-electron chi connectivity index (χ2n) is 5.81. The van der Waals surface area contributed by atoms with E-state index < -0.39 is 23.9 Å². The van der Waals surface area contributed by atoms with Crippen molar-refractivity contribution in [3.8, 4) is 5.75 Å². The normalized spacial score (nSPS) is 18.9. The molecule has 2 rings (SSSR count). The molecule has 3 N–H and O–H groups in total. The standard InChI is InChI=1S/C14H17BrF3N3O2/c1-7(14(16,17)18)23-11-5-10(20-6-9(11)15)12(22)21-13(2,19)8-3-4-8/h5-8H,3-4,19H2,1-2H3,(H,21,22)/t7-,13?/m0/s1. The van der Waals surface area contributed by atoms with E-state index in [1.54, 1.807) is 6.92 Å². The van der Waals surface area contributed by atoms with Gasteiger partial charge in [0.1, 0.15) is 11.4 Å². The van der Waals surface area contributed by atoms with Gasteiger partial charge in [-0.1, -0.05) is 0 Å². The lowest BCUT2D eigenvalue weighted by Gasteiger charge is -2.26. The molecule has 0 saturated heterocycles. The first-order valence-electron chi connectivity index (χ1n) is 7.01. The van der Waals surface area contributed by atoms with Crippen LogP contribution in [0.2, 0.25) is 0 Å². The van der Waals surface area contributed by atoms with Gasteiger partial charge in [-0.05, 0) is 48.5 Å². The predicted octanol–water partition coefficient (Wildman–Crippen LogP) is 2.99. The molecule has 1 aliphatic rings. The van der Waals surface area contributed by atoms with Gasteiger partial charge in [-0.25, -0.2) is 4.98 Å². The van der Waals surface area contributed by atoms with Crippen molar-refractivity contribution in [3.05, 3.63) is 22.4 Å². The van der Waals surface area contributed by atoms with Crippen LogP contribution >= 0.6 is 15.9 Å². The Bertz CT molecular complexity index is 603. The number of aromatic nitrogens is 1. The Kier molecular flexibility index (Phi) is 4.91. The molecule has 0 radical (unpaired) electrons. The molecule has 1 heterocycles. The third-order valence-corrected chi connectivity index (χ3v) is 4.22. The Hall–Kier alpha value is -1.35. The highest BCUT2D eigenvalue weighted by atomic mass is 79.9. The summed E-state index contributed by atoms with van der Waals surface area (Å²) in [5.41, 5.74) is 5.09. The lowest BCUT2D eigenvalue weighted by atomic mass is 10.1. The Balaban J connectivity index is 2.14. The number of carbonyl (C=O) groups excluding carboxylic acids is 1. The number of nitrogens with two attached hydrogens (primary N) is 1. The van der Waals surface area contributed by atoms with Crippen LogP contribution < -0.4 is 15.8 Å². The smallest absolute Gasteiger partial charge is 0.425 e. The summed E-state index contributed by atoms with van der Waals surface area (Å²) in [6.07, 6.45) is -3.44. The summed E-state index contributed by atoms with van der Waals surface area (Å²) in [5, 5.41) is 2.65. The molecule has 128 valence electrons. The molecule has 0 bridgehead atoms. The number of hydrogen-bond acceptors (Lipinski definition) is 4. The molecule has 0 aliphatic heterocycles. The first-order chi connectivity index (χ1) is 10.5. The molecular formula is C14H17BrF3N3O2. The third kappa shape index (κ3) is 4.57. The van der Waals surface area contributed by atoms with Gasteiger partial charge in [0.15, 0.2) is 6.10 Å². The average molecular weight is 396 g/mol. The minimum Gasteiger partial charge on any atom is -0.480 e. The van der Waals surface area contributed by atoms with Crippen molar-refractivity contribution in [2.75, 3.05) is 0 Å². The Labute approximate surface area is 139 Å². The van der Waals surface area contributed by atoms with Gasteiger partial charge < -0.3 is 15.8 Å². The lowest BCUT2D eigenvalue weighted by Crippen LogP contribution is -2.55. The number of halogens is 4.